The van der Waals surface area contributed by atoms with Gasteiger partial charge in [-0.25, -0.2) is 4.98 Å². The largest absolute Gasteiger partial charge is 0.357 e. The second-order valence-corrected chi connectivity index (χ2v) is 6.14. The van der Waals surface area contributed by atoms with E-state index in [0.29, 0.717) is 30.7 Å². The third kappa shape index (κ3) is 2.93. The molecular formula is C17H17N9. The molecule has 0 saturated carbocycles. The van der Waals surface area contributed by atoms with E-state index in [0.717, 1.165) is 6.42 Å². The van der Waals surface area contributed by atoms with E-state index >= 15 is 0 Å². The number of aryl methyl sites for hydroxylation is 1. The maximum Gasteiger partial charge on any atom is 0.258 e. The van der Waals surface area contributed by atoms with Crippen LogP contribution < -0.4 is 10.6 Å². The normalized spacial score (nSPS) is 18.6. The van der Waals surface area contributed by atoms with Crippen LogP contribution >= 0.6 is 0 Å². The van der Waals surface area contributed by atoms with Gasteiger partial charge in [0.2, 0.25) is 11.9 Å². The topological polar surface area (TPSA) is 117 Å². The maximum absolute atomic E-state index is 9.88. The minimum atomic E-state index is -0.764. The van der Waals surface area contributed by atoms with Gasteiger partial charge in [-0.1, -0.05) is 24.3 Å². The third-order valence-corrected chi connectivity index (χ3v) is 4.47. The van der Waals surface area contributed by atoms with E-state index in [1.165, 1.54) is 28.5 Å². The molecule has 0 fully saturated rings. The molecule has 26 heavy (non-hydrogen) atoms. The van der Waals surface area contributed by atoms with Crippen LogP contribution in [0.15, 0.2) is 36.9 Å². The first kappa shape index (κ1) is 16.0. The molecule has 0 amide bonds. The van der Waals surface area contributed by atoms with Crippen molar-refractivity contribution >= 4 is 11.9 Å². The lowest BCUT2D eigenvalue weighted by molar-refractivity contribution is 0.502. The molecule has 1 unspecified atom stereocenters. The van der Waals surface area contributed by atoms with Gasteiger partial charge in [0.25, 0.3) is 5.95 Å². The fraction of sp³-hybridized carbons (Fsp3) is 0.294. The van der Waals surface area contributed by atoms with E-state index in [1.54, 1.807) is 7.05 Å². The fourth-order valence-electron chi connectivity index (χ4n) is 3.13. The molecule has 0 bridgehead atoms. The molecule has 2 N–H and O–H groups in total. The van der Waals surface area contributed by atoms with Crippen LogP contribution in [0.4, 0.5) is 11.9 Å². The van der Waals surface area contributed by atoms with Gasteiger partial charge in [0, 0.05) is 13.5 Å². The molecular weight excluding hydrogens is 330 g/mol. The summed E-state index contributed by atoms with van der Waals surface area (Å²) in [6, 6.07) is 10.6. The third-order valence-electron chi connectivity index (χ3n) is 4.47. The summed E-state index contributed by atoms with van der Waals surface area (Å²) in [4.78, 5) is 16.9. The van der Waals surface area contributed by atoms with Gasteiger partial charge in [0.05, 0.1) is 6.07 Å². The van der Waals surface area contributed by atoms with Crippen molar-refractivity contribution in [1.82, 2.24) is 29.7 Å². The van der Waals surface area contributed by atoms with E-state index < -0.39 is 5.54 Å². The molecule has 0 saturated heterocycles. The van der Waals surface area contributed by atoms with Crippen LogP contribution in [-0.2, 0) is 12.8 Å². The van der Waals surface area contributed by atoms with E-state index in [9.17, 15) is 5.26 Å². The van der Waals surface area contributed by atoms with Crippen molar-refractivity contribution in [2.45, 2.75) is 24.8 Å². The number of benzene rings is 1. The van der Waals surface area contributed by atoms with Crippen molar-refractivity contribution in [3.63, 3.8) is 0 Å². The second-order valence-electron chi connectivity index (χ2n) is 6.14. The number of nitriles is 1. The van der Waals surface area contributed by atoms with Crippen LogP contribution in [0.1, 0.15) is 17.5 Å². The Hall–Kier alpha value is -3.54. The van der Waals surface area contributed by atoms with Gasteiger partial charge in [0.15, 0.2) is 0 Å². The fourth-order valence-corrected chi connectivity index (χ4v) is 3.13. The van der Waals surface area contributed by atoms with E-state index in [2.05, 4.69) is 53.9 Å². The lowest BCUT2D eigenvalue weighted by atomic mass is 9.79. The number of anilines is 2. The number of nitrogens with zero attached hydrogens (tertiary/aromatic N) is 7. The zero-order valence-corrected chi connectivity index (χ0v) is 14.2. The highest BCUT2D eigenvalue weighted by Crippen LogP contribution is 2.30. The van der Waals surface area contributed by atoms with E-state index in [4.69, 9.17) is 0 Å². The number of aromatic nitrogens is 6. The van der Waals surface area contributed by atoms with Gasteiger partial charge < -0.3 is 10.6 Å². The zero-order chi connectivity index (χ0) is 18.0. The monoisotopic (exact) mass is 347 g/mol. The summed E-state index contributed by atoms with van der Waals surface area (Å²) in [6.07, 6.45) is 5.02. The Kier molecular flexibility index (Phi) is 3.93. The van der Waals surface area contributed by atoms with Crippen LogP contribution in [0.25, 0.3) is 5.95 Å². The van der Waals surface area contributed by atoms with Crippen molar-refractivity contribution in [3.05, 3.63) is 48.0 Å². The van der Waals surface area contributed by atoms with E-state index in [1.807, 2.05) is 12.1 Å². The minimum absolute atomic E-state index is 0.327. The minimum Gasteiger partial charge on any atom is -0.357 e. The molecule has 0 aliphatic heterocycles. The van der Waals surface area contributed by atoms with Crippen molar-refractivity contribution in [3.8, 4) is 12.0 Å². The summed E-state index contributed by atoms with van der Waals surface area (Å²) in [7, 11) is 1.72. The average molecular weight is 347 g/mol. The van der Waals surface area contributed by atoms with Gasteiger partial charge in [-0.05, 0) is 24.0 Å². The van der Waals surface area contributed by atoms with Crippen LogP contribution in [0.5, 0.6) is 0 Å². The summed E-state index contributed by atoms with van der Waals surface area (Å²) in [5, 5.41) is 20.1. The summed E-state index contributed by atoms with van der Waals surface area (Å²) >= 11 is 0. The second kappa shape index (κ2) is 6.40. The Bertz CT molecular complexity index is 961. The first-order valence-corrected chi connectivity index (χ1v) is 8.26. The highest BCUT2D eigenvalue weighted by atomic mass is 15.4. The summed E-state index contributed by atoms with van der Waals surface area (Å²) < 4.78 is 1.45. The number of nitrogens with one attached hydrogen (secondary N) is 2. The van der Waals surface area contributed by atoms with Crippen molar-refractivity contribution in [1.29, 1.82) is 5.26 Å². The molecule has 1 aromatic carbocycles. The maximum atomic E-state index is 9.88. The van der Waals surface area contributed by atoms with Gasteiger partial charge in [-0.15, -0.1) is 0 Å². The Morgan fingerprint density at radius 2 is 1.96 bits per heavy atom. The number of hydrogen-bond acceptors (Lipinski definition) is 8. The van der Waals surface area contributed by atoms with Gasteiger partial charge in [-0.2, -0.15) is 30.0 Å². The van der Waals surface area contributed by atoms with E-state index in [-0.39, 0.29) is 0 Å². The number of rotatable bonds is 4. The summed E-state index contributed by atoms with van der Waals surface area (Å²) in [5.41, 5.74) is 1.70. The average Bonchev–Trinajstić information content (AvgIpc) is 3.22. The van der Waals surface area contributed by atoms with Crippen LogP contribution in [0.3, 0.4) is 0 Å². The zero-order valence-electron chi connectivity index (χ0n) is 14.2. The SMILES string of the molecule is CNc1nc(NC2(C#N)CCc3ccccc3C2)nc(-n2cncn2)n1. The molecule has 1 aliphatic rings. The first-order chi connectivity index (χ1) is 12.7. The predicted octanol–water partition coefficient (Wildman–Crippen LogP) is 1.36. The predicted molar refractivity (Wildman–Crippen MR) is 94.7 cm³/mol. The molecule has 9 heteroatoms. The number of fused-ring (bicyclic) bond motifs is 1. The quantitative estimate of drug-likeness (QED) is 0.726. The Morgan fingerprint density at radius 3 is 2.69 bits per heavy atom. The molecule has 0 radical (unpaired) electrons. The summed E-state index contributed by atoms with van der Waals surface area (Å²) in [5.74, 6) is 1.04. The van der Waals surface area contributed by atoms with Crippen LogP contribution in [0.2, 0.25) is 0 Å². The van der Waals surface area contributed by atoms with Crippen molar-refractivity contribution in [2.24, 2.45) is 0 Å². The molecule has 1 atom stereocenters. The molecule has 1 aliphatic carbocycles. The standard InChI is InChI=1S/C17H17N9/c1-19-14-22-15(24-16(23-14)26-11-20-10-21-26)25-17(9-18)7-6-12-4-2-3-5-13(12)8-17/h2-5,10-11H,6-8H2,1H3,(H2,19,22,23,24,25). The molecule has 130 valence electrons. The molecule has 4 rings (SSSR count). The van der Waals surface area contributed by atoms with Gasteiger partial charge in [0.1, 0.15) is 18.2 Å². The first-order valence-electron chi connectivity index (χ1n) is 8.26. The van der Waals surface area contributed by atoms with Crippen molar-refractivity contribution in [2.75, 3.05) is 17.7 Å². The molecule has 3 aromatic rings. The molecule has 2 heterocycles. The molecule has 2 aromatic heterocycles. The van der Waals surface area contributed by atoms with Crippen molar-refractivity contribution < 1.29 is 0 Å². The van der Waals surface area contributed by atoms with Crippen LogP contribution in [0, 0.1) is 11.3 Å². The highest BCUT2D eigenvalue weighted by molar-refractivity contribution is 5.45. The lowest BCUT2D eigenvalue weighted by Gasteiger charge is -2.33. The summed E-state index contributed by atoms with van der Waals surface area (Å²) in [6.45, 7) is 0. The Balaban J connectivity index is 1.68. The Morgan fingerprint density at radius 1 is 1.15 bits per heavy atom. The van der Waals surface area contributed by atoms with Crippen LogP contribution in [-0.4, -0.2) is 42.3 Å². The highest BCUT2D eigenvalue weighted by Gasteiger charge is 2.35. The smallest absolute Gasteiger partial charge is 0.258 e. The van der Waals surface area contributed by atoms with Gasteiger partial charge >= 0.3 is 0 Å². The number of hydrogen-bond donors (Lipinski definition) is 2. The lowest BCUT2D eigenvalue weighted by Crippen LogP contribution is -2.43. The van der Waals surface area contributed by atoms with Gasteiger partial charge in [-0.3, -0.25) is 0 Å². The Labute approximate surface area is 150 Å². The molecule has 0 spiro atoms. The molecule has 9 nitrogen and oxygen atoms in total.